The van der Waals surface area contributed by atoms with Gasteiger partial charge in [0, 0.05) is 10.9 Å². The van der Waals surface area contributed by atoms with Gasteiger partial charge in [0.1, 0.15) is 28.0 Å². The first-order chi connectivity index (χ1) is 17.8. The summed E-state index contributed by atoms with van der Waals surface area (Å²) in [5, 5.41) is 14.5. The summed E-state index contributed by atoms with van der Waals surface area (Å²) >= 11 is 1.17. The van der Waals surface area contributed by atoms with Crippen LogP contribution in [0.5, 0.6) is 17.2 Å². The number of carbonyl (C=O) groups excluding carboxylic acids is 2. The minimum Gasteiger partial charge on any atom is -0.497 e. The first kappa shape index (κ1) is 27.3. The minimum atomic E-state index is -0.655. The maximum Gasteiger partial charge on any atom is 0.341 e. The van der Waals surface area contributed by atoms with E-state index in [1.807, 2.05) is 32.0 Å². The molecular weight excluding hydrogens is 492 g/mol. The third-order valence-electron chi connectivity index (χ3n) is 5.13. The number of thiophene rings is 1. The van der Waals surface area contributed by atoms with Gasteiger partial charge in [-0.2, -0.15) is 5.26 Å². The van der Waals surface area contributed by atoms with Crippen LogP contribution < -0.4 is 19.5 Å². The molecule has 3 rings (SSSR count). The fraction of sp³-hybridized carbons (Fsp3) is 0.250. The second-order valence-electron chi connectivity index (χ2n) is 8.00. The summed E-state index contributed by atoms with van der Waals surface area (Å²) in [6, 6.07) is 14.2. The average molecular weight is 521 g/mol. The molecule has 0 aliphatic heterocycles. The largest absolute Gasteiger partial charge is 0.497 e. The Morgan fingerprint density at radius 1 is 1.08 bits per heavy atom. The van der Waals surface area contributed by atoms with Crippen molar-refractivity contribution in [3.8, 4) is 34.4 Å². The maximum absolute atomic E-state index is 13.1. The van der Waals surface area contributed by atoms with Crippen LogP contribution in [-0.2, 0) is 9.53 Å². The van der Waals surface area contributed by atoms with Crippen LogP contribution in [0.2, 0.25) is 0 Å². The van der Waals surface area contributed by atoms with E-state index in [4.69, 9.17) is 18.9 Å². The molecule has 0 fully saturated rings. The van der Waals surface area contributed by atoms with Gasteiger partial charge in [0.15, 0.2) is 11.5 Å². The molecule has 0 aliphatic carbocycles. The zero-order valence-corrected chi connectivity index (χ0v) is 22.1. The summed E-state index contributed by atoms with van der Waals surface area (Å²) in [7, 11) is 3.09. The Kier molecular flexibility index (Phi) is 9.30. The van der Waals surface area contributed by atoms with Crippen molar-refractivity contribution in [1.82, 2.24) is 0 Å². The van der Waals surface area contributed by atoms with Crippen molar-refractivity contribution in [1.29, 1.82) is 5.26 Å². The van der Waals surface area contributed by atoms with E-state index >= 15 is 0 Å². The van der Waals surface area contributed by atoms with Gasteiger partial charge in [-0.3, -0.25) is 4.79 Å². The molecule has 8 nitrogen and oxygen atoms in total. The van der Waals surface area contributed by atoms with Gasteiger partial charge in [0.05, 0.1) is 26.9 Å². The lowest BCUT2D eigenvalue weighted by Gasteiger charge is -2.14. The van der Waals surface area contributed by atoms with E-state index in [9.17, 15) is 14.9 Å². The molecule has 0 bridgehead atoms. The second kappa shape index (κ2) is 12.6. The number of hydrogen-bond donors (Lipinski definition) is 1. The molecule has 1 amide bonds. The molecule has 1 aromatic heterocycles. The number of nitrogens with zero attached hydrogens (tertiary/aromatic N) is 1. The van der Waals surface area contributed by atoms with Gasteiger partial charge in [-0.25, -0.2) is 4.79 Å². The fourth-order valence-electron chi connectivity index (χ4n) is 3.45. The zero-order valence-electron chi connectivity index (χ0n) is 21.3. The van der Waals surface area contributed by atoms with Crippen LogP contribution >= 0.6 is 11.3 Å². The molecule has 1 N–H and O–H groups in total. The third-order valence-corrected chi connectivity index (χ3v) is 6.02. The van der Waals surface area contributed by atoms with E-state index in [2.05, 4.69) is 5.32 Å². The van der Waals surface area contributed by atoms with Crippen LogP contribution in [0.15, 0.2) is 53.4 Å². The Bertz CT molecular complexity index is 1340. The zero-order chi connectivity index (χ0) is 26.9. The smallest absolute Gasteiger partial charge is 0.341 e. The maximum atomic E-state index is 13.1. The number of amides is 1. The van der Waals surface area contributed by atoms with Crippen molar-refractivity contribution >= 4 is 34.3 Å². The van der Waals surface area contributed by atoms with Gasteiger partial charge in [-0.1, -0.05) is 18.2 Å². The molecule has 0 spiro atoms. The highest BCUT2D eigenvalue weighted by atomic mass is 32.1. The van der Waals surface area contributed by atoms with E-state index in [-0.39, 0.29) is 28.8 Å². The lowest BCUT2D eigenvalue weighted by Crippen LogP contribution is -2.16. The number of methoxy groups -OCH3 is 2. The standard InChI is InChI=1S/C28H28N2O6S/c1-6-35-28(32)25-22(19-8-10-21(33-4)11-9-19)16-37-27(25)30-26(31)20(15-29)13-18-7-12-23(36-17(2)3)24(14-18)34-5/h7-14,16-17H,6H2,1-5H3,(H,30,31)/b20-13+. The molecule has 2 aromatic carbocycles. The SMILES string of the molecule is CCOC(=O)c1c(-c2ccc(OC)cc2)csc1NC(=O)/C(C#N)=C/c1ccc(OC(C)C)c(OC)c1. The molecular formula is C28H28N2O6S. The number of benzene rings is 2. The van der Waals surface area contributed by atoms with Crippen molar-refractivity contribution in [2.75, 3.05) is 26.1 Å². The first-order valence-corrected chi connectivity index (χ1v) is 12.4. The van der Waals surface area contributed by atoms with Gasteiger partial charge >= 0.3 is 5.97 Å². The van der Waals surface area contributed by atoms with E-state index in [0.717, 1.165) is 5.56 Å². The number of esters is 1. The predicted octanol–water partition coefficient (Wildman–Crippen LogP) is 5.94. The summed E-state index contributed by atoms with van der Waals surface area (Å²) in [5.74, 6) is 0.485. The van der Waals surface area contributed by atoms with Crippen LogP contribution in [0.4, 0.5) is 5.00 Å². The Hall–Kier alpha value is -4.29. The van der Waals surface area contributed by atoms with Crippen LogP contribution in [0.1, 0.15) is 36.7 Å². The third kappa shape index (κ3) is 6.68. The minimum absolute atomic E-state index is 0.0436. The van der Waals surface area contributed by atoms with Crippen LogP contribution in [0.3, 0.4) is 0 Å². The number of ether oxygens (including phenoxy) is 4. The average Bonchev–Trinajstić information content (AvgIpc) is 3.31. The first-order valence-electron chi connectivity index (χ1n) is 11.5. The molecule has 1 heterocycles. The lowest BCUT2D eigenvalue weighted by atomic mass is 10.0. The number of carbonyl (C=O) groups is 2. The quantitative estimate of drug-likeness (QED) is 0.200. The summed E-state index contributed by atoms with van der Waals surface area (Å²) < 4.78 is 21.6. The molecule has 0 unspecified atom stereocenters. The molecule has 9 heteroatoms. The number of rotatable bonds is 10. The topological polar surface area (TPSA) is 107 Å². The Morgan fingerprint density at radius 3 is 2.41 bits per heavy atom. The number of nitrogens with one attached hydrogen (secondary N) is 1. The van der Waals surface area contributed by atoms with E-state index < -0.39 is 11.9 Å². The molecule has 0 saturated carbocycles. The summed E-state index contributed by atoms with van der Waals surface area (Å²) in [5.41, 5.74) is 2.02. The van der Waals surface area contributed by atoms with E-state index in [1.165, 1.54) is 24.5 Å². The number of hydrogen-bond acceptors (Lipinski definition) is 8. The summed E-state index contributed by atoms with van der Waals surface area (Å²) in [4.78, 5) is 25.9. The van der Waals surface area contributed by atoms with E-state index in [1.54, 1.807) is 49.7 Å². The summed E-state index contributed by atoms with van der Waals surface area (Å²) in [6.45, 7) is 5.69. The lowest BCUT2D eigenvalue weighted by molar-refractivity contribution is -0.112. The highest BCUT2D eigenvalue weighted by Crippen LogP contribution is 2.37. The number of nitriles is 1. The highest BCUT2D eigenvalue weighted by molar-refractivity contribution is 7.15. The molecule has 0 aliphatic rings. The van der Waals surface area contributed by atoms with Crippen molar-refractivity contribution in [3.63, 3.8) is 0 Å². The monoisotopic (exact) mass is 520 g/mol. The van der Waals surface area contributed by atoms with Crippen LogP contribution in [0.25, 0.3) is 17.2 Å². The predicted molar refractivity (Wildman–Crippen MR) is 143 cm³/mol. The van der Waals surface area contributed by atoms with Crippen molar-refractivity contribution in [3.05, 3.63) is 64.5 Å². The Labute approximate surface area is 220 Å². The van der Waals surface area contributed by atoms with Crippen molar-refractivity contribution in [2.45, 2.75) is 26.9 Å². The fourth-order valence-corrected chi connectivity index (χ4v) is 4.40. The van der Waals surface area contributed by atoms with Crippen molar-refractivity contribution in [2.24, 2.45) is 0 Å². The molecule has 0 atom stereocenters. The molecule has 3 aromatic rings. The second-order valence-corrected chi connectivity index (χ2v) is 8.88. The van der Waals surface area contributed by atoms with Gasteiger partial charge in [-0.05, 0) is 62.2 Å². The van der Waals surface area contributed by atoms with Gasteiger partial charge in [0.2, 0.25) is 0 Å². The molecule has 0 radical (unpaired) electrons. The number of anilines is 1. The molecule has 192 valence electrons. The highest BCUT2D eigenvalue weighted by Gasteiger charge is 2.24. The van der Waals surface area contributed by atoms with Gasteiger partial charge < -0.3 is 24.3 Å². The normalized spacial score (nSPS) is 11.0. The summed E-state index contributed by atoms with van der Waals surface area (Å²) in [6.07, 6.45) is 1.40. The molecule has 0 saturated heterocycles. The Morgan fingerprint density at radius 2 is 1.81 bits per heavy atom. The van der Waals surface area contributed by atoms with Crippen molar-refractivity contribution < 1.29 is 28.5 Å². The van der Waals surface area contributed by atoms with Crippen LogP contribution in [0, 0.1) is 11.3 Å². The van der Waals surface area contributed by atoms with Gasteiger partial charge in [-0.15, -0.1) is 11.3 Å². The van der Waals surface area contributed by atoms with Crippen LogP contribution in [-0.4, -0.2) is 38.8 Å². The molecule has 37 heavy (non-hydrogen) atoms. The van der Waals surface area contributed by atoms with E-state index in [0.29, 0.717) is 28.4 Å². The Balaban J connectivity index is 1.93. The van der Waals surface area contributed by atoms with Gasteiger partial charge in [0.25, 0.3) is 5.91 Å².